The van der Waals surface area contributed by atoms with E-state index in [1.54, 1.807) is 24.3 Å². The number of ether oxygens (including phenoxy) is 1. The smallest absolute Gasteiger partial charge is 0.337 e. The average Bonchev–Trinajstić information content (AvgIpc) is 2.78. The number of hydrogen-bond acceptors (Lipinski definition) is 5. The summed E-state index contributed by atoms with van der Waals surface area (Å²) < 4.78 is 32.7. The van der Waals surface area contributed by atoms with Crippen LogP contribution in [0.25, 0.3) is 0 Å². The van der Waals surface area contributed by atoms with Crippen LogP contribution in [0.4, 0.5) is 11.4 Å². The number of methoxy groups -OCH3 is 1. The largest absolute Gasteiger partial charge is 0.495 e. The number of para-hydroxylation sites is 1. The molecule has 8 nitrogen and oxygen atoms in total. The van der Waals surface area contributed by atoms with Crippen molar-refractivity contribution in [3.8, 4) is 5.75 Å². The van der Waals surface area contributed by atoms with E-state index >= 15 is 0 Å². The van der Waals surface area contributed by atoms with E-state index in [1.807, 2.05) is 0 Å². The molecule has 32 heavy (non-hydrogen) atoms. The fourth-order valence-corrected chi connectivity index (χ4v) is 4.63. The van der Waals surface area contributed by atoms with Crippen LogP contribution < -0.4 is 14.4 Å². The summed E-state index contributed by atoms with van der Waals surface area (Å²) in [6.45, 7) is -0.617. The fourth-order valence-electron chi connectivity index (χ4n) is 2.94. The van der Waals surface area contributed by atoms with Gasteiger partial charge in [-0.2, -0.15) is 0 Å². The van der Waals surface area contributed by atoms with E-state index in [4.69, 9.17) is 16.3 Å². The predicted octanol–water partition coefficient (Wildman–Crippen LogP) is 3.88. The predicted molar refractivity (Wildman–Crippen MR) is 121 cm³/mol. The molecule has 0 radical (unpaired) electrons. The molecule has 2 N–H and O–H groups in total. The number of benzene rings is 3. The number of sulfonamides is 1. The van der Waals surface area contributed by atoms with E-state index < -0.39 is 28.4 Å². The van der Waals surface area contributed by atoms with Gasteiger partial charge in [0.25, 0.3) is 10.0 Å². The second-order valence-corrected chi connectivity index (χ2v) is 8.81. The van der Waals surface area contributed by atoms with Crippen molar-refractivity contribution >= 4 is 44.9 Å². The SMILES string of the molecule is COc1ccc(N(CC(=O)Nc2ccccc2C(=O)O)S(=O)(=O)c2ccccc2)cc1Cl. The molecule has 0 saturated heterocycles. The number of carboxylic acids is 1. The number of hydrogen-bond donors (Lipinski definition) is 2. The first-order chi connectivity index (χ1) is 15.2. The number of nitrogens with one attached hydrogen (secondary N) is 1. The van der Waals surface area contributed by atoms with Gasteiger partial charge in [0.1, 0.15) is 12.3 Å². The summed E-state index contributed by atoms with van der Waals surface area (Å²) in [5.74, 6) is -1.62. The van der Waals surface area contributed by atoms with Gasteiger partial charge < -0.3 is 15.2 Å². The summed E-state index contributed by atoms with van der Waals surface area (Å²) in [7, 11) is -2.72. The highest BCUT2D eigenvalue weighted by atomic mass is 35.5. The number of carboxylic acid groups (broad SMARTS) is 1. The first-order valence-electron chi connectivity index (χ1n) is 9.27. The number of aromatic carboxylic acids is 1. The summed E-state index contributed by atoms with van der Waals surface area (Å²) in [6, 6.07) is 17.8. The molecule has 0 spiro atoms. The number of carbonyl (C=O) groups is 2. The Hall–Kier alpha value is -3.56. The lowest BCUT2D eigenvalue weighted by molar-refractivity contribution is -0.114. The summed E-state index contributed by atoms with van der Waals surface area (Å²) in [6.07, 6.45) is 0. The van der Waals surface area contributed by atoms with Gasteiger partial charge in [-0.1, -0.05) is 41.9 Å². The van der Waals surface area contributed by atoms with Gasteiger partial charge in [0, 0.05) is 0 Å². The number of halogens is 1. The topological polar surface area (TPSA) is 113 Å². The van der Waals surface area contributed by atoms with Crippen LogP contribution in [0.2, 0.25) is 5.02 Å². The van der Waals surface area contributed by atoms with Crippen LogP contribution in [-0.2, 0) is 14.8 Å². The lowest BCUT2D eigenvalue weighted by Crippen LogP contribution is -2.38. The van der Waals surface area contributed by atoms with Gasteiger partial charge in [-0.3, -0.25) is 9.10 Å². The maximum Gasteiger partial charge on any atom is 0.337 e. The molecule has 0 bridgehead atoms. The third-order valence-corrected chi connectivity index (χ3v) is 6.56. The molecule has 3 aromatic rings. The molecule has 10 heteroatoms. The number of anilines is 2. The second kappa shape index (κ2) is 9.71. The van der Waals surface area contributed by atoms with Crippen molar-refractivity contribution in [2.24, 2.45) is 0 Å². The van der Waals surface area contributed by atoms with E-state index in [9.17, 15) is 23.1 Å². The number of nitrogens with zero attached hydrogens (tertiary/aromatic N) is 1. The zero-order chi connectivity index (χ0) is 23.3. The Bertz CT molecular complexity index is 1250. The minimum atomic E-state index is -4.15. The highest BCUT2D eigenvalue weighted by molar-refractivity contribution is 7.92. The Morgan fingerprint density at radius 2 is 1.69 bits per heavy atom. The minimum Gasteiger partial charge on any atom is -0.495 e. The second-order valence-electron chi connectivity index (χ2n) is 6.54. The Labute approximate surface area is 190 Å². The van der Waals surface area contributed by atoms with E-state index in [2.05, 4.69) is 5.32 Å². The molecule has 3 aromatic carbocycles. The summed E-state index contributed by atoms with van der Waals surface area (Å²) >= 11 is 6.18. The van der Waals surface area contributed by atoms with Crippen LogP contribution in [0.1, 0.15) is 10.4 Å². The van der Waals surface area contributed by atoms with Crippen molar-refractivity contribution < 1.29 is 27.9 Å². The first-order valence-corrected chi connectivity index (χ1v) is 11.1. The van der Waals surface area contributed by atoms with E-state index in [0.717, 1.165) is 4.31 Å². The molecule has 0 aliphatic carbocycles. The molecule has 0 fully saturated rings. The summed E-state index contributed by atoms with van der Waals surface area (Å²) in [4.78, 5) is 24.2. The molecular formula is C22H19ClN2O6S. The van der Waals surface area contributed by atoms with Crippen LogP contribution in [0, 0.1) is 0 Å². The standard InChI is InChI=1S/C22H19ClN2O6S/c1-31-20-12-11-15(13-18(20)23)25(32(29,30)16-7-3-2-4-8-16)14-21(26)24-19-10-6-5-9-17(19)22(27)28/h2-13H,14H2,1H3,(H,24,26)(H,27,28). The molecule has 0 atom stereocenters. The van der Waals surface area contributed by atoms with Gasteiger partial charge in [-0.15, -0.1) is 0 Å². The Balaban J connectivity index is 1.99. The third kappa shape index (κ3) is 5.01. The van der Waals surface area contributed by atoms with Crippen LogP contribution >= 0.6 is 11.6 Å². The van der Waals surface area contributed by atoms with Crippen molar-refractivity contribution in [1.82, 2.24) is 0 Å². The maximum absolute atomic E-state index is 13.3. The summed E-state index contributed by atoms with van der Waals surface area (Å²) in [5, 5.41) is 11.9. The van der Waals surface area contributed by atoms with Gasteiger partial charge in [-0.25, -0.2) is 13.2 Å². The molecular weight excluding hydrogens is 456 g/mol. The van der Waals surface area contributed by atoms with Gasteiger partial charge in [0.15, 0.2) is 0 Å². The normalized spacial score (nSPS) is 10.9. The summed E-state index contributed by atoms with van der Waals surface area (Å²) in [5.41, 5.74) is 0.0713. The van der Waals surface area contributed by atoms with Gasteiger partial charge in [0.05, 0.1) is 34.0 Å². The Morgan fingerprint density at radius 3 is 2.31 bits per heavy atom. The quantitative estimate of drug-likeness (QED) is 0.512. The van der Waals surface area contributed by atoms with Gasteiger partial charge in [-0.05, 0) is 42.5 Å². The number of rotatable bonds is 8. The van der Waals surface area contributed by atoms with Crippen molar-refractivity contribution in [3.63, 3.8) is 0 Å². The molecule has 166 valence electrons. The van der Waals surface area contributed by atoms with E-state index in [-0.39, 0.29) is 26.9 Å². The van der Waals surface area contributed by atoms with Crippen LogP contribution in [0.15, 0.2) is 77.7 Å². The average molecular weight is 475 g/mol. The van der Waals surface area contributed by atoms with Crippen molar-refractivity contribution in [3.05, 3.63) is 83.4 Å². The molecule has 0 saturated carbocycles. The van der Waals surface area contributed by atoms with Gasteiger partial charge >= 0.3 is 5.97 Å². The van der Waals surface area contributed by atoms with Gasteiger partial charge in [0.2, 0.25) is 5.91 Å². The fraction of sp³-hybridized carbons (Fsp3) is 0.0909. The lowest BCUT2D eigenvalue weighted by Gasteiger charge is -2.24. The zero-order valence-electron chi connectivity index (χ0n) is 16.9. The molecule has 3 rings (SSSR count). The molecule has 0 aliphatic rings. The number of amides is 1. The maximum atomic E-state index is 13.3. The lowest BCUT2D eigenvalue weighted by atomic mass is 10.2. The highest BCUT2D eigenvalue weighted by Gasteiger charge is 2.28. The third-order valence-electron chi connectivity index (χ3n) is 4.47. The van der Waals surface area contributed by atoms with Crippen molar-refractivity contribution in [1.29, 1.82) is 0 Å². The van der Waals surface area contributed by atoms with Crippen LogP contribution in [0.5, 0.6) is 5.75 Å². The molecule has 1 amide bonds. The molecule has 0 heterocycles. The van der Waals surface area contributed by atoms with Crippen LogP contribution in [0.3, 0.4) is 0 Å². The molecule has 0 unspecified atom stereocenters. The van der Waals surface area contributed by atoms with Crippen molar-refractivity contribution in [2.75, 3.05) is 23.3 Å². The van der Waals surface area contributed by atoms with Crippen LogP contribution in [-0.4, -0.2) is 39.1 Å². The van der Waals surface area contributed by atoms with E-state index in [0.29, 0.717) is 5.75 Å². The van der Waals surface area contributed by atoms with E-state index in [1.165, 1.54) is 55.6 Å². The number of carbonyl (C=O) groups excluding carboxylic acids is 1. The molecule has 0 aromatic heterocycles. The monoisotopic (exact) mass is 474 g/mol. The highest BCUT2D eigenvalue weighted by Crippen LogP contribution is 2.32. The molecule has 0 aliphatic heterocycles. The Morgan fingerprint density at radius 1 is 1.03 bits per heavy atom. The van der Waals surface area contributed by atoms with Crippen molar-refractivity contribution in [2.45, 2.75) is 4.90 Å². The minimum absolute atomic E-state index is 0.0225. The zero-order valence-corrected chi connectivity index (χ0v) is 18.4. The Kier molecular flexibility index (Phi) is 7.01. The first kappa shape index (κ1) is 23.1.